The monoisotopic (exact) mass is 464 g/mol. The summed E-state index contributed by atoms with van der Waals surface area (Å²) in [4.78, 5) is 23.5. The lowest BCUT2D eigenvalue weighted by molar-refractivity contribution is -0.384. The molecule has 0 heterocycles. The second kappa shape index (κ2) is 11.6. The lowest BCUT2D eigenvalue weighted by atomic mass is 10.1. The smallest absolute Gasteiger partial charge is 0.293 e. The van der Waals surface area contributed by atoms with Gasteiger partial charge in [-0.2, -0.15) is 4.31 Å². The van der Waals surface area contributed by atoms with E-state index in [-0.39, 0.29) is 22.7 Å². The van der Waals surface area contributed by atoms with E-state index < -0.39 is 20.9 Å². The molecule has 2 rings (SSSR count). The Morgan fingerprint density at radius 2 is 1.78 bits per heavy atom. The van der Waals surface area contributed by atoms with E-state index in [1.807, 2.05) is 0 Å². The van der Waals surface area contributed by atoms with Gasteiger partial charge in [-0.05, 0) is 29.8 Å². The van der Waals surface area contributed by atoms with E-state index in [0.29, 0.717) is 37.5 Å². The number of amides is 1. The van der Waals surface area contributed by atoms with Crippen LogP contribution in [0.2, 0.25) is 0 Å². The predicted molar refractivity (Wildman–Crippen MR) is 121 cm³/mol. The number of nitro benzene ring substituents is 1. The molecule has 10 nitrogen and oxygen atoms in total. The molecule has 0 aromatic heterocycles. The summed E-state index contributed by atoms with van der Waals surface area (Å²) in [6.45, 7) is 5.23. The fourth-order valence-electron chi connectivity index (χ4n) is 3.04. The summed E-state index contributed by atoms with van der Waals surface area (Å²) in [6.07, 6.45) is 0. The molecule has 2 aromatic carbocycles. The Morgan fingerprint density at radius 1 is 1.12 bits per heavy atom. The highest BCUT2D eigenvalue weighted by Gasteiger charge is 2.21. The molecular formula is C21H28N4O6S. The number of methoxy groups -OCH3 is 1. The molecule has 2 N–H and O–H groups in total. The zero-order valence-corrected chi connectivity index (χ0v) is 19.1. The van der Waals surface area contributed by atoms with Gasteiger partial charge in [0.25, 0.3) is 11.6 Å². The van der Waals surface area contributed by atoms with Crippen LogP contribution in [0.15, 0.2) is 47.4 Å². The summed E-state index contributed by atoms with van der Waals surface area (Å²) >= 11 is 0. The van der Waals surface area contributed by atoms with Gasteiger partial charge in [0.15, 0.2) is 0 Å². The van der Waals surface area contributed by atoms with Crippen LogP contribution < -0.4 is 10.6 Å². The first-order chi connectivity index (χ1) is 15.2. The van der Waals surface area contributed by atoms with Crippen LogP contribution in [0.4, 0.5) is 11.4 Å². The molecular weight excluding hydrogens is 436 g/mol. The molecule has 0 spiro atoms. The summed E-state index contributed by atoms with van der Waals surface area (Å²) in [5.74, 6) is -0.476. The van der Waals surface area contributed by atoms with Gasteiger partial charge in [-0.1, -0.05) is 26.0 Å². The van der Waals surface area contributed by atoms with Crippen molar-refractivity contribution in [3.63, 3.8) is 0 Å². The Morgan fingerprint density at radius 3 is 2.34 bits per heavy atom. The molecule has 0 unspecified atom stereocenters. The molecule has 11 heteroatoms. The van der Waals surface area contributed by atoms with Crippen LogP contribution in [0, 0.1) is 10.1 Å². The van der Waals surface area contributed by atoms with Crippen LogP contribution in [0.5, 0.6) is 0 Å². The van der Waals surface area contributed by atoms with Gasteiger partial charge in [-0.3, -0.25) is 14.9 Å². The summed E-state index contributed by atoms with van der Waals surface area (Å²) < 4.78 is 31.4. The number of benzene rings is 2. The van der Waals surface area contributed by atoms with Crippen LogP contribution in [0.25, 0.3) is 0 Å². The van der Waals surface area contributed by atoms with Gasteiger partial charge in [-0.25, -0.2) is 8.42 Å². The molecule has 0 atom stereocenters. The van der Waals surface area contributed by atoms with Crippen LogP contribution >= 0.6 is 0 Å². The summed E-state index contributed by atoms with van der Waals surface area (Å²) in [7, 11) is -2.02. The molecule has 0 fully saturated rings. The largest absolute Gasteiger partial charge is 0.383 e. The third kappa shape index (κ3) is 6.25. The van der Waals surface area contributed by atoms with Crippen LogP contribution in [-0.4, -0.2) is 56.9 Å². The van der Waals surface area contributed by atoms with Crippen LogP contribution in [-0.2, 0) is 21.3 Å². The van der Waals surface area contributed by atoms with Crippen LogP contribution in [0.1, 0.15) is 29.8 Å². The summed E-state index contributed by atoms with van der Waals surface area (Å²) in [5.41, 5.74) is 0.937. The fraction of sp³-hybridized carbons (Fsp3) is 0.381. The minimum atomic E-state index is -3.55. The average Bonchev–Trinajstić information content (AvgIpc) is 2.78. The van der Waals surface area contributed by atoms with Crippen molar-refractivity contribution in [2.75, 3.05) is 38.7 Å². The van der Waals surface area contributed by atoms with Gasteiger partial charge in [-0.15, -0.1) is 0 Å². The molecule has 0 aliphatic heterocycles. The van der Waals surface area contributed by atoms with Crippen molar-refractivity contribution in [1.29, 1.82) is 0 Å². The lowest BCUT2D eigenvalue weighted by Gasteiger charge is -2.18. The maximum absolute atomic E-state index is 12.5. The number of hydrogen-bond acceptors (Lipinski definition) is 7. The van der Waals surface area contributed by atoms with Gasteiger partial charge in [0.2, 0.25) is 10.0 Å². The number of carbonyl (C=O) groups is 1. The van der Waals surface area contributed by atoms with E-state index in [1.165, 1.54) is 41.7 Å². The number of ether oxygens (including phenoxy) is 1. The fourth-order valence-corrected chi connectivity index (χ4v) is 4.50. The van der Waals surface area contributed by atoms with Gasteiger partial charge >= 0.3 is 0 Å². The molecule has 0 aliphatic rings. The summed E-state index contributed by atoms with van der Waals surface area (Å²) in [6, 6.07) is 10.4. The molecule has 0 saturated heterocycles. The van der Waals surface area contributed by atoms with E-state index in [1.54, 1.807) is 26.0 Å². The molecule has 2 aromatic rings. The van der Waals surface area contributed by atoms with Crippen molar-refractivity contribution in [3.8, 4) is 0 Å². The SMILES string of the molecule is CCN(CC)S(=O)(=O)c1ccc(CNC(=O)c2ccc(NCCOC)c([N+](=O)[O-])c2)cc1. The highest BCUT2D eigenvalue weighted by atomic mass is 32.2. The van der Waals surface area contributed by atoms with E-state index in [0.717, 1.165) is 0 Å². The van der Waals surface area contributed by atoms with Crippen molar-refractivity contribution in [2.45, 2.75) is 25.3 Å². The number of nitrogens with zero attached hydrogens (tertiary/aromatic N) is 2. The summed E-state index contributed by atoms with van der Waals surface area (Å²) in [5, 5.41) is 17.0. The average molecular weight is 465 g/mol. The van der Waals surface area contributed by atoms with Gasteiger partial charge in [0, 0.05) is 44.9 Å². The zero-order chi connectivity index (χ0) is 23.7. The van der Waals surface area contributed by atoms with E-state index in [4.69, 9.17) is 4.74 Å². The quantitative estimate of drug-likeness (QED) is 0.280. The van der Waals surface area contributed by atoms with Gasteiger partial charge < -0.3 is 15.4 Å². The molecule has 0 bridgehead atoms. The Balaban J connectivity index is 2.07. The second-order valence-corrected chi connectivity index (χ2v) is 8.76. The molecule has 0 aliphatic carbocycles. The molecule has 1 amide bonds. The number of carbonyl (C=O) groups excluding carboxylic acids is 1. The molecule has 0 saturated carbocycles. The Bertz CT molecular complexity index is 1040. The molecule has 32 heavy (non-hydrogen) atoms. The number of rotatable bonds is 12. The topological polar surface area (TPSA) is 131 Å². The third-order valence-electron chi connectivity index (χ3n) is 4.80. The minimum absolute atomic E-state index is 0.145. The van der Waals surface area contributed by atoms with E-state index in [2.05, 4.69) is 10.6 Å². The van der Waals surface area contributed by atoms with Crippen molar-refractivity contribution in [1.82, 2.24) is 9.62 Å². The third-order valence-corrected chi connectivity index (χ3v) is 6.86. The van der Waals surface area contributed by atoms with E-state index >= 15 is 0 Å². The Labute approximate surface area is 187 Å². The maximum atomic E-state index is 12.5. The maximum Gasteiger partial charge on any atom is 0.293 e. The highest BCUT2D eigenvalue weighted by Crippen LogP contribution is 2.25. The van der Waals surface area contributed by atoms with Gasteiger partial charge in [0.05, 0.1) is 16.4 Å². The van der Waals surface area contributed by atoms with Crippen molar-refractivity contribution in [3.05, 3.63) is 63.7 Å². The minimum Gasteiger partial charge on any atom is -0.383 e. The van der Waals surface area contributed by atoms with Gasteiger partial charge in [0.1, 0.15) is 5.69 Å². The normalized spacial score (nSPS) is 11.4. The molecule has 174 valence electrons. The van der Waals surface area contributed by atoms with Crippen molar-refractivity contribution in [2.24, 2.45) is 0 Å². The number of hydrogen-bond donors (Lipinski definition) is 2. The first kappa shape index (κ1) is 25.2. The van der Waals surface area contributed by atoms with E-state index in [9.17, 15) is 23.3 Å². The Kier molecular flexibility index (Phi) is 9.12. The van der Waals surface area contributed by atoms with Crippen LogP contribution in [0.3, 0.4) is 0 Å². The first-order valence-electron chi connectivity index (χ1n) is 10.1. The second-order valence-electron chi connectivity index (χ2n) is 6.82. The lowest BCUT2D eigenvalue weighted by Crippen LogP contribution is -2.30. The number of nitrogens with one attached hydrogen (secondary N) is 2. The predicted octanol–water partition coefficient (Wildman–Crippen LogP) is 2.61. The Hall–Kier alpha value is -3.02. The zero-order valence-electron chi connectivity index (χ0n) is 18.3. The number of sulfonamides is 1. The number of nitro groups is 1. The highest BCUT2D eigenvalue weighted by molar-refractivity contribution is 7.89. The number of anilines is 1. The van der Waals surface area contributed by atoms with Crippen molar-refractivity contribution >= 4 is 27.3 Å². The standard InChI is InChI=1S/C21H28N4O6S/c1-4-24(5-2)32(29,30)18-9-6-16(7-10-18)15-23-21(26)17-8-11-19(22-12-13-31-3)20(14-17)25(27)28/h6-11,14,22H,4-5,12-13,15H2,1-3H3,(H,23,26). The first-order valence-corrected chi connectivity index (χ1v) is 11.6. The van der Waals surface area contributed by atoms with Crippen molar-refractivity contribution < 1.29 is 22.9 Å². The molecule has 0 radical (unpaired) electrons.